The highest BCUT2D eigenvalue weighted by Crippen LogP contribution is 2.24. The Morgan fingerprint density at radius 1 is 1.03 bits per heavy atom. The first-order chi connectivity index (χ1) is 16.5. The van der Waals surface area contributed by atoms with Crippen molar-refractivity contribution in [3.8, 4) is 10.6 Å². The third-order valence-electron chi connectivity index (χ3n) is 6.03. The molecule has 2 aromatic carbocycles. The van der Waals surface area contributed by atoms with Crippen molar-refractivity contribution in [2.45, 2.75) is 20.4 Å². The topological polar surface area (TPSA) is 82.8 Å². The fraction of sp³-hybridized carbons (Fsp3) is 0.280. The normalized spacial score (nSPS) is 14.5. The molecule has 4 aromatic rings. The molecule has 1 saturated heterocycles. The molecule has 1 aliphatic rings. The lowest BCUT2D eigenvalue weighted by Crippen LogP contribution is -2.49. The number of piperazine rings is 1. The number of urea groups is 1. The van der Waals surface area contributed by atoms with Gasteiger partial charge in [-0.2, -0.15) is 9.61 Å². The Morgan fingerprint density at radius 3 is 2.50 bits per heavy atom. The number of fused-ring (bicyclic) bond motifs is 1. The van der Waals surface area contributed by atoms with Gasteiger partial charge in [0.15, 0.2) is 0 Å². The van der Waals surface area contributed by atoms with Gasteiger partial charge in [0.2, 0.25) is 4.96 Å². The smallest absolute Gasteiger partial charge is 0.321 e. The minimum absolute atomic E-state index is 0.0833. The SMILES string of the molecule is Cc1ccc(-c2nn3c(=O)cc(CN4CCN(C(=O)Nc5ccccc5C)CC4)nc3s2)cc1. The molecule has 0 saturated carbocycles. The Hall–Kier alpha value is -3.56. The number of benzene rings is 2. The summed E-state index contributed by atoms with van der Waals surface area (Å²) in [7, 11) is 0. The van der Waals surface area contributed by atoms with Crippen LogP contribution in [0.4, 0.5) is 10.5 Å². The van der Waals surface area contributed by atoms with Crippen molar-refractivity contribution in [2.24, 2.45) is 0 Å². The van der Waals surface area contributed by atoms with Crippen LogP contribution in [0.1, 0.15) is 16.8 Å². The average molecular weight is 475 g/mol. The Labute approximate surface area is 201 Å². The summed E-state index contributed by atoms with van der Waals surface area (Å²) in [5, 5.41) is 8.24. The van der Waals surface area contributed by atoms with Gasteiger partial charge in [-0.15, -0.1) is 0 Å². The summed E-state index contributed by atoms with van der Waals surface area (Å²) in [6.07, 6.45) is 0. The summed E-state index contributed by atoms with van der Waals surface area (Å²) in [6.45, 7) is 7.27. The molecular weight excluding hydrogens is 448 g/mol. The van der Waals surface area contributed by atoms with Gasteiger partial charge in [0, 0.05) is 50.0 Å². The maximum atomic E-state index is 12.7. The summed E-state index contributed by atoms with van der Waals surface area (Å²) in [4.78, 5) is 34.7. The van der Waals surface area contributed by atoms with Crippen molar-refractivity contribution in [2.75, 3.05) is 31.5 Å². The molecule has 0 aliphatic carbocycles. The van der Waals surface area contributed by atoms with Crippen LogP contribution < -0.4 is 10.9 Å². The molecule has 0 unspecified atom stereocenters. The van der Waals surface area contributed by atoms with E-state index < -0.39 is 0 Å². The van der Waals surface area contributed by atoms with Crippen molar-refractivity contribution in [1.29, 1.82) is 0 Å². The van der Waals surface area contributed by atoms with Gasteiger partial charge in [0.1, 0.15) is 5.01 Å². The Balaban J connectivity index is 1.23. The molecule has 1 N–H and O–H groups in total. The van der Waals surface area contributed by atoms with Crippen LogP contribution in [0.25, 0.3) is 15.5 Å². The van der Waals surface area contributed by atoms with Gasteiger partial charge in [-0.25, -0.2) is 9.78 Å². The number of carbonyl (C=O) groups is 1. The number of nitrogens with one attached hydrogen (secondary N) is 1. The van der Waals surface area contributed by atoms with Crippen LogP contribution in [0.5, 0.6) is 0 Å². The first-order valence-electron chi connectivity index (χ1n) is 11.3. The predicted molar refractivity (Wildman–Crippen MR) is 134 cm³/mol. The largest absolute Gasteiger partial charge is 0.322 e. The number of aryl methyl sites for hydroxylation is 2. The summed E-state index contributed by atoms with van der Waals surface area (Å²) in [6, 6.07) is 17.3. The molecule has 2 aromatic heterocycles. The highest BCUT2D eigenvalue weighted by Gasteiger charge is 2.22. The standard InChI is InChI=1S/C25H26N6O2S/c1-17-7-9-19(10-8-17)23-28-31-22(32)15-20(26-25(31)34-23)16-29-11-13-30(14-12-29)24(33)27-21-6-4-3-5-18(21)2/h3-10,15H,11-14,16H2,1-2H3,(H,27,33). The number of amides is 2. The van der Waals surface area contributed by atoms with E-state index >= 15 is 0 Å². The van der Waals surface area contributed by atoms with E-state index in [4.69, 9.17) is 4.98 Å². The van der Waals surface area contributed by atoms with Crippen LogP contribution in [-0.4, -0.2) is 56.6 Å². The second-order valence-corrected chi connectivity index (χ2v) is 9.52. The number of nitrogens with zero attached hydrogens (tertiary/aromatic N) is 5. The zero-order valence-electron chi connectivity index (χ0n) is 19.2. The molecule has 34 heavy (non-hydrogen) atoms. The van der Waals surface area contributed by atoms with Gasteiger partial charge in [-0.05, 0) is 25.5 Å². The molecular formula is C25H26N6O2S. The molecule has 3 heterocycles. The first kappa shape index (κ1) is 22.2. The van der Waals surface area contributed by atoms with Gasteiger partial charge in [0.05, 0.1) is 5.69 Å². The zero-order valence-corrected chi connectivity index (χ0v) is 20.0. The lowest BCUT2D eigenvalue weighted by Gasteiger charge is -2.34. The van der Waals surface area contributed by atoms with Crippen molar-refractivity contribution < 1.29 is 4.79 Å². The number of rotatable bonds is 4. The maximum Gasteiger partial charge on any atom is 0.321 e. The molecule has 0 bridgehead atoms. The van der Waals surface area contributed by atoms with Crippen LogP contribution in [0.3, 0.4) is 0 Å². The molecule has 2 amide bonds. The molecule has 5 rings (SSSR count). The average Bonchev–Trinajstić information content (AvgIpc) is 3.26. The maximum absolute atomic E-state index is 12.7. The van der Waals surface area contributed by atoms with Crippen LogP contribution in [-0.2, 0) is 6.54 Å². The van der Waals surface area contributed by atoms with Gasteiger partial charge < -0.3 is 10.2 Å². The minimum atomic E-state index is -0.175. The van der Waals surface area contributed by atoms with E-state index in [1.807, 2.05) is 67.3 Å². The zero-order chi connectivity index (χ0) is 23.7. The summed E-state index contributed by atoms with van der Waals surface area (Å²) in [5.74, 6) is 0. The van der Waals surface area contributed by atoms with Gasteiger partial charge in [-0.3, -0.25) is 9.69 Å². The van der Waals surface area contributed by atoms with Crippen LogP contribution in [0.2, 0.25) is 0 Å². The molecule has 0 radical (unpaired) electrons. The van der Waals surface area contributed by atoms with Gasteiger partial charge in [-0.1, -0.05) is 59.4 Å². The third kappa shape index (κ3) is 4.71. The van der Waals surface area contributed by atoms with Gasteiger partial charge in [0.25, 0.3) is 5.56 Å². The lowest BCUT2D eigenvalue weighted by atomic mass is 10.2. The van der Waals surface area contributed by atoms with Gasteiger partial charge >= 0.3 is 6.03 Å². The highest BCUT2D eigenvalue weighted by atomic mass is 32.1. The Bertz CT molecular complexity index is 1390. The van der Waals surface area contributed by atoms with E-state index in [1.54, 1.807) is 6.07 Å². The number of aromatic nitrogens is 3. The molecule has 1 fully saturated rings. The number of anilines is 1. The van der Waals surface area contributed by atoms with Crippen molar-refractivity contribution in [3.63, 3.8) is 0 Å². The summed E-state index contributed by atoms with van der Waals surface area (Å²) >= 11 is 1.41. The Kier molecular flexibility index (Phi) is 6.12. The van der Waals surface area contributed by atoms with Crippen LogP contribution in [0.15, 0.2) is 59.4 Å². The van der Waals surface area contributed by atoms with Crippen molar-refractivity contribution in [3.05, 3.63) is 81.8 Å². The first-order valence-corrected chi connectivity index (χ1v) is 12.1. The van der Waals surface area contributed by atoms with Crippen molar-refractivity contribution >= 4 is 28.0 Å². The second kappa shape index (κ2) is 9.36. The fourth-order valence-electron chi connectivity index (χ4n) is 4.00. The van der Waals surface area contributed by atoms with Crippen LogP contribution in [0, 0.1) is 13.8 Å². The number of hydrogen-bond donors (Lipinski definition) is 1. The monoisotopic (exact) mass is 474 g/mol. The quantitative estimate of drug-likeness (QED) is 0.487. The van der Waals surface area contributed by atoms with Crippen LogP contribution >= 0.6 is 11.3 Å². The number of hydrogen-bond acceptors (Lipinski definition) is 6. The number of carbonyl (C=O) groups excluding carboxylic acids is 1. The lowest BCUT2D eigenvalue weighted by molar-refractivity contribution is 0.142. The van der Waals surface area contributed by atoms with E-state index in [9.17, 15) is 9.59 Å². The molecule has 1 aliphatic heterocycles. The molecule has 0 atom stereocenters. The highest BCUT2D eigenvalue weighted by molar-refractivity contribution is 7.19. The molecule has 9 heteroatoms. The van der Waals surface area contributed by atoms with E-state index in [0.717, 1.165) is 40.6 Å². The van der Waals surface area contributed by atoms with E-state index in [1.165, 1.54) is 21.4 Å². The minimum Gasteiger partial charge on any atom is -0.322 e. The summed E-state index contributed by atoms with van der Waals surface area (Å²) < 4.78 is 1.37. The fourth-order valence-corrected chi connectivity index (χ4v) is 4.93. The van der Waals surface area contributed by atoms with Crippen molar-refractivity contribution in [1.82, 2.24) is 24.4 Å². The number of para-hydroxylation sites is 1. The molecule has 0 spiro atoms. The second-order valence-electron chi connectivity index (χ2n) is 8.56. The predicted octanol–water partition coefficient (Wildman–Crippen LogP) is 3.78. The molecule has 174 valence electrons. The van der Waals surface area contributed by atoms with E-state index in [0.29, 0.717) is 24.6 Å². The third-order valence-corrected chi connectivity index (χ3v) is 6.99. The van der Waals surface area contributed by atoms with E-state index in [-0.39, 0.29) is 11.6 Å². The molecule has 8 nitrogen and oxygen atoms in total. The Morgan fingerprint density at radius 2 is 1.76 bits per heavy atom. The van der Waals surface area contributed by atoms with E-state index in [2.05, 4.69) is 15.3 Å². The summed E-state index contributed by atoms with van der Waals surface area (Å²) in [5.41, 5.74) is 4.57.